The number of nitrogens with one attached hydrogen (secondary N) is 1. The number of nitrogens with zero attached hydrogens (tertiary/aromatic N) is 4. The van der Waals surface area contributed by atoms with E-state index in [1.165, 1.54) is 17.0 Å². The van der Waals surface area contributed by atoms with Crippen LogP contribution in [0.25, 0.3) is 0 Å². The molecule has 1 saturated heterocycles. The second-order valence-electron chi connectivity index (χ2n) is 8.72. The molecule has 0 unspecified atom stereocenters. The van der Waals surface area contributed by atoms with E-state index in [2.05, 4.69) is 45.9 Å². The van der Waals surface area contributed by atoms with Gasteiger partial charge in [0.15, 0.2) is 5.13 Å². The van der Waals surface area contributed by atoms with E-state index in [4.69, 9.17) is 10.2 Å². The maximum Gasteiger partial charge on any atom is 0.274 e. The molecule has 0 radical (unpaired) electrons. The molecule has 0 bridgehead atoms. The summed E-state index contributed by atoms with van der Waals surface area (Å²) in [7, 11) is 0. The highest BCUT2D eigenvalue weighted by atomic mass is 32.1. The van der Waals surface area contributed by atoms with Crippen molar-refractivity contribution in [2.24, 2.45) is 11.8 Å². The van der Waals surface area contributed by atoms with Crippen LogP contribution in [-0.4, -0.2) is 22.0 Å². The third kappa shape index (κ3) is 4.15. The highest BCUT2D eigenvalue weighted by molar-refractivity contribution is 7.14. The predicted octanol–water partition coefficient (Wildman–Crippen LogP) is 5.48. The van der Waals surface area contributed by atoms with E-state index in [1.807, 2.05) is 29.0 Å². The zero-order valence-electron chi connectivity index (χ0n) is 18.0. The first-order valence-electron chi connectivity index (χ1n) is 11.3. The van der Waals surface area contributed by atoms with Crippen molar-refractivity contribution in [1.82, 2.24) is 9.55 Å². The smallest absolute Gasteiger partial charge is 0.274 e. The summed E-state index contributed by atoms with van der Waals surface area (Å²) in [6, 6.07) is 16.8. The summed E-state index contributed by atoms with van der Waals surface area (Å²) in [6.07, 6.45) is 7.02. The second kappa shape index (κ2) is 9.17. The molecular formula is C25H27N5OS. The van der Waals surface area contributed by atoms with Gasteiger partial charge in [-0.2, -0.15) is 5.26 Å². The molecule has 1 saturated carbocycles. The Balaban J connectivity index is 1.25. The van der Waals surface area contributed by atoms with Gasteiger partial charge >= 0.3 is 0 Å². The van der Waals surface area contributed by atoms with Crippen molar-refractivity contribution < 1.29 is 4.79 Å². The van der Waals surface area contributed by atoms with Crippen LogP contribution in [-0.2, 0) is 6.54 Å². The first-order valence-corrected chi connectivity index (χ1v) is 12.2. The largest absolute Gasteiger partial charge is 0.363 e. The number of hydrogen-bond donors (Lipinski definition) is 1. The van der Waals surface area contributed by atoms with Crippen molar-refractivity contribution in [3.8, 4) is 6.07 Å². The second-order valence-corrected chi connectivity index (χ2v) is 9.58. The fraction of sp³-hybridized carbons (Fsp3) is 0.400. The average Bonchev–Trinajstić information content (AvgIpc) is 3.56. The molecule has 2 fully saturated rings. The van der Waals surface area contributed by atoms with Crippen molar-refractivity contribution >= 4 is 28.1 Å². The number of nitriles is 1. The molecule has 1 aromatic carbocycles. The monoisotopic (exact) mass is 445 g/mol. The Bertz CT molecular complexity index is 1110. The van der Waals surface area contributed by atoms with E-state index < -0.39 is 0 Å². The number of hydrogen-bond acceptors (Lipinski definition) is 5. The van der Waals surface area contributed by atoms with Crippen molar-refractivity contribution in [3.63, 3.8) is 0 Å². The topological polar surface area (TPSA) is 74.0 Å². The number of anilines is 2. The van der Waals surface area contributed by atoms with Crippen LogP contribution in [0.15, 0.2) is 54.0 Å². The summed E-state index contributed by atoms with van der Waals surface area (Å²) in [6.45, 7) is 1.81. The summed E-state index contributed by atoms with van der Waals surface area (Å²) < 4.78 is 2.02. The van der Waals surface area contributed by atoms with Crippen LogP contribution in [0, 0.1) is 23.2 Å². The highest BCUT2D eigenvalue weighted by Crippen LogP contribution is 2.38. The molecule has 3 atom stereocenters. The van der Waals surface area contributed by atoms with Gasteiger partial charge in [0.05, 0.1) is 17.8 Å². The van der Waals surface area contributed by atoms with Gasteiger partial charge in [-0.25, -0.2) is 4.98 Å². The summed E-state index contributed by atoms with van der Waals surface area (Å²) in [5.41, 5.74) is 2.89. The van der Waals surface area contributed by atoms with Gasteiger partial charge in [0.25, 0.3) is 5.91 Å². The minimum atomic E-state index is -0.126. The molecule has 5 rings (SSSR count). The minimum absolute atomic E-state index is 0.126. The number of carbonyl (C=O) groups excluding carboxylic acids is 1. The van der Waals surface area contributed by atoms with E-state index in [0.29, 0.717) is 29.1 Å². The molecule has 2 aliphatic rings. The molecular weight excluding hydrogens is 418 g/mol. The van der Waals surface area contributed by atoms with E-state index >= 15 is 0 Å². The molecule has 7 heteroatoms. The van der Waals surface area contributed by atoms with Gasteiger partial charge in [-0.15, -0.1) is 11.3 Å². The lowest BCUT2D eigenvalue weighted by molar-refractivity contribution is 0.100. The lowest BCUT2D eigenvalue weighted by Crippen LogP contribution is -2.30. The maximum atomic E-state index is 13.0. The van der Waals surface area contributed by atoms with Crippen LogP contribution in [0.3, 0.4) is 0 Å². The van der Waals surface area contributed by atoms with Gasteiger partial charge in [0, 0.05) is 36.8 Å². The molecule has 0 spiro atoms. The number of rotatable bonds is 7. The van der Waals surface area contributed by atoms with Gasteiger partial charge < -0.3 is 9.47 Å². The number of para-hydroxylation sites is 1. The van der Waals surface area contributed by atoms with Crippen molar-refractivity contribution in [3.05, 3.63) is 65.4 Å². The summed E-state index contributed by atoms with van der Waals surface area (Å²) in [5.74, 6) is 0.809. The molecule has 164 valence electrons. The molecule has 3 heterocycles. The van der Waals surface area contributed by atoms with E-state index in [0.717, 1.165) is 44.5 Å². The highest BCUT2D eigenvalue weighted by Gasteiger charge is 2.31. The molecule has 1 amide bonds. The Morgan fingerprint density at radius 2 is 2.00 bits per heavy atom. The molecule has 6 nitrogen and oxygen atoms in total. The molecule has 3 aromatic rings. The van der Waals surface area contributed by atoms with Crippen molar-refractivity contribution in [2.75, 3.05) is 16.8 Å². The van der Waals surface area contributed by atoms with Crippen molar-refractivity contribution in [2.45, 2.75) is 44.7 Å². The van der Waals surface area contributed by atoms with Crippen LogP contribution in [0.2, 0.25) is 0 Å². The van der Waals surface area contributed by atoms with Crippen LogP contribution in [0.4, 0.5) is 10.8 Å². The lowest BCUT2D eigenvalue weighted by Gasteiger charge is -2.35. The fourth-order valence-corrected chi connectivity index (χ4v) is 5.71. The quantitative estimate of drug-likeness (QED) is 0.523. The number of thiazole rings is 1. The van der Waals surface area contributed by atoms with Crippen LogP contribution in [0.1, 0.15) is 54.3 Å². The number of aromatic nitrogens is 2. The molecule has 1 aliphatic carbocycles. The van der Waals surface area contributed by atoms with Gasteiger partial charge in [0.1, 0.15) is 5.69 Å². The zero-order chi connectivity index (χ0) is 21.9. The molecule has 1 aliphatic heterocycles. The molecule has 2 aromatic heterocycles. The normalized spacial score (nSPS) is 22.3. The fourth-order valence-electron chi connectivity index (χ4n) is 4.96. The Labute approximate surface area is 192 Å². The molecule has 1 N–H and O–H groups in total. The van der Waals surface area contributed by atoms with Gasteiger partial charge in [-0.1, -0.05) is 18.2 Å². The number of carbonyl (C=O) groups is 1. The Hall–Kier alpha value is -3.11. The van der Waals surface area contributed by atoms with Crippen molar-refractivity contribution in [1.29, 1.82) is 5.26 Å². The Kier molecular flexibility index (Phi) is 5.95. The predicted molar refractivity (Wildman–Crippen MR) is 127 cm³/mol. The average molecular weight is 446 g/mol. The van der Waals surface area contributed by atoms with Crippen LogP contribution >= 0.6 is 11.3 Å². The van der Waals surface area contributed by atoms with Gasteiger partial charge in [0.2, 0.25) is 0 Å². The number of amides is 1. The Morgan fingerprint density at radius 3 is 2.78 bits per heavy atom. The summed E-state index contributed by atoms with van der Waals surface area (Å²) in [5, 5.41) is 14.7. The van der Waals surface area contributed by atoms with E-state index in [-0.39, 0.29) is 11.9 Å². The zero-order valence-corrected chi connectivity index (χ0v) is 18.8. The first kappa shape index (κ1) is 20.8. The minimum Gasteiger partial charge on any atom is -0.363 e. The van der Waals surface area contributed by atoms with E-state index in [1.54, 1.807) is 0 Å². The maximum absolute atomic E-state index is 13.0. The number of benzene rings is 1. The van der Waals surface area contributed by atoms with Crippen LogP contribution in [0.5, 0.6) is 0 Å². The SMILES string of the molecule is N#CC[C@@H]1CC[C@H]1Cn1cccc1C(=O)Nc1nc([C@H]2CCCN2c2ccccc2)cs1. The van der Waals surface area contributed by atoms with Gasteiger partial charge in [-0.3, -0.25) is 10.1 Å². The summed E-state index contributed by atoms with van der Waals surface area (Å²) >= 11 is 1.49. The van der Waals surface area contributed by atoms with Crippen LogP contribution < -0.4 is 10.2 Å². The third-order valence-electron chi connectivity index (χ3n) is 6.85. The van der Waals surface area contributed by atoms with E-state index in [9.17, 15) is 4.79 Å². The first-order chi connectivity index (χ1) is 15.7. The Morgan fingerprint density at radius 1 is 1.16 bits per heavy atom. The summed E-state index contributed by atoms with van der Waals surface area (Å²) in [4.78, 5) is 20.2. The standard InChI is InChI=1S/C25H27N5OS/c26-13-12-18-10-11-19(18)16-29-14-4-9-23(29)24(31)28-25-27-21(17-32-25)22-8-5-15-30(22)20-6-2-1-3-7-20/h1-4,6-7,9,14,17-19,22H,5,8,10-12,15-16H2,(H,27,28,31)/t18-,19-,22+/m0/s1. The van der Waals surface area contributed by atoms with Gasteiger partial charge in [-0.05, 0) is 61.8 Å². The molecule has 32 heavy (non-hydrogen) atoms. The lowest BCUT2D eigenvalue weighted by atomic mass is 9.72. The third-order valence-corrected chi connectivity index (χ3v) is 7.62.